The van der Waals surface area contributed by atoms with Crippen molar-refractivity contribution in [3.63, 3.8) is 0 Å². The van der Waals surface area contributed by atoms with Crippen molar-refractivity contribution >= 4 is 17.6 Å². The molecule has 96 valence electrons. The third-order valence-corrected chi connectivity index (χ3v) is 2.71. The molecule has 1 fully saturated rings. The van der Waals surface area contributed by atoms with Crippen LogP contribution < -0.4 is 10.6 Å². The Bertz CT molecular complexity index is 467. The van der Waals surface area contributed by atoms with Crippen LogP contribution in [-0.4, -0.2) is 22.8 Å². The minimum absolute atomic E-state index is 0.109. The molecule has 5 heteroatoms. The number of amides is 2. The molecule has 1 aliphatic carbocycles. The van der Waals surface area contributed by atoms with Crippen LogP contribution in [0.5, 0.6) is 0 Å². The summed E-state index contributed by atoms with van der Waals surface area (Å²) < 4.78 is 0. The number of carbonyl (C=O) groups is 2. The maximum Gasteiger partial charge on any atom is 0.251 e. The monoisotopic (exact) mass is 247 g/mol. The summed E-state index contributed by atoms with van der Waals surface area (Å²) in [6.07, 6.45) is 3.62. The number of nitrogens with one attached hydrogen (secondary N) is 2. The third kappa shape index (κ3) is 3.29. The first-order valence-corrected chi connectivity index (χ1v) is 6.14. The number of pyridine rings is 1. The highest BCUT2D eigenvalue weighted by Crippen LogP contribution is 2.19. The Kier molecular flexibility index (Phi) is 3.60. The average Bonchev–Trinajstić information content (AvgIpc) is 3.13. The minimum atomic E-state index is -0.115. The lowest BCUT2D eigenvalue weighted by molar-refractivity contribution is -0.118. The Morgan fingerprint density at radius 2 is 2.11 bits per heavy atom. The molecule has 0 spiro atoms. The van der Waals surface area contributed by atoms with Gasteiger partial charge in [-0.1, -0.05) is 13.8 Å². The number of hydrogen-bond donors (Lipinski definition) is 2. The van der Waals surface area contributed by atoms with Crippen molar-refractivity contribution in [1.29, 1.82) is 0 Å². The minimum Gasteiger partial charge on any atom is -0.349 e. The maximum absolute atomic E-state index is 11.8. The molecule has 0 radical (unpaired) electrons. The lowest BCUT2D eigenvalue weighted by atomic mass is 10.2. The Labute approximate surface area is 106 Å². The molecule has 0 atom stereocenters. The Balaban J connectivity index is 2.04. The molecule has 2 amide bonds. The van der Waals surface area contributed by atoms with Crippen molar-refractivity contribution in [3.8, 4) is 0 Å². The summed E-state index contributed by atoms with van der Waals surface area (Å²) in [7, 11) is 0. The van der Waals surface area contributed by atoms with Crippen molar-refractivity contribution in [2.75, 3.05) is 5.32 Å². The van der Waals surface area contributed by atoms with Gasteiger partial charge in [0.25, 0.3) is 5.91 Å². The molecular formula is C13H17N3O2. The van der Waals surface area contributed by atoms with Crippen LogP contribution in [0.3, 0.4) is 0 Å². The number of hydrogen-bond acceptors (Lipinski definition) is 3. The van der Waals surface area contributed by atoms with Gasteiger partial charge in [0.1, 0.15) is 5.82 Å². The lowest BCUT2D eigenvalue weighted by Crippen LogP contribution is -2.25. The van der Waals surface area contributed by atoms with Crippen LogP contribution in [0, 0.1) is 5.92 Å². The van der Waals surface area contributed by atoms with Gasteiger partial charge in [-0.05, 0) is 25.0 Å². The molecule has 0 bridgehead atoms. The molecule has 1 aromatic heterocycles. The van der Waals surface area contributed by atoms with E-state index in [0.717, 1.165) is 12.8 Å². The van der Waals surface area contributed by atoms with E-state index in [4.69, 9.17) is 0 Å². The molecule has 2 rings (SSSR count). The SMILES string of the molecule is CC(C)C(=O)Nc1cc(C(=O)NC2CC2)ccn1. The molecule has 18 heavy (non-hydrogen) atoms. The van der Waals surface area contributed by atoms with Gasteiger partial charge in [0.2, 0.25) is 5.91 Å². The van der Waals surface area contributed by atoms with E-state index in [1.165, 1.54) is 6.20 Å². The second-order valence-corrected chi connectivity index (χ2v) is 4.82. The number of nitrogens with zero attached hydrogens (tertiary/aromatic N) is 1. The Morgan fingerprint density at radius 1 is 1.39 bits per heavy atom. The molecule has 0 saturated heterocycles. The van der Waals surface area contributed by atoms with Crippen molar-refractivity contribution in [1.82, 2.24) is 10.3 Å². The zero-order valence-electron chi connectivity index (χ0n) is 10.6. The number of anilines is 1. The highest BCUT2D eigenvalue weighted by molar-refractivity contribution is 5.97. The number of rotatable bonds is 4. The maximum atomic E-state index is 11.8. The Hall–Kier alpha value is -1.91. The van der Waals surface area contributed by atoms with E-state index in [9.17, 15) is 9.59 Å². The van der Waals surface area contributed by atoms with Crippen LogP contribution in [0.25, 0.3) is 0 Å². The van der Waals surface area contributed by atoms with Gasteiger partial charge in [0.05, 0.1) is 0 Å². The van der Waals surface area contributed by atoms with Gasteiger partial charge < -0.3 is 10.6 Å². The third-order valence-electron chi connectivity index (χ3n) is 2.71. The summed E-state index contributed by atoms with van der Waals surface area (Å²) in [6.45, 7) is 3.61. The first kappa shape index (κ1) is 12.5. The van der Waals surface area contributed by atoms with Crippen LogP contribution >= 0.6 is 0 Å². The van der Waals surface area contributed by atoms with Gasteiger partial charge in [-0.2, -0.15) is 0 Å². The Morgan fingerprint density at radius 3 is 2.72 bits per heavy atom. The zero-order chi connectivity index (χ0) is 13.1. The molecule has 1 saturated carbocycles. The summed E-state index contributed by atoms with van der Waals surface area (Å²) in [6, 6.07) is 3.56. The molecule has 1 aromatic rings. The fraction of sp³-hybridized carbons (Fsp3) is 0.462. The quantitative estimate of drug-likeness (QED) is 0.848. The molecular weight excluding hydrogens is 230 g/mol. The van der Waals surface area contributed by atoms with E-state index >= 15 is 0 Å². The molecule has 0 aromatic carbocycles. The smallest absolute Gasteiger partial charge is 0.251 e. The van der Waals surface area contributed by atoms with Gasteiger partial charge in [0, 0.05) is 23.7 Å². The highest BCUT2D eigenvalue weighted by atomic mass is 16.2. The van der Waals surface area contributed by atoms with Crippen LogP contribution in [0.15, 0.2) is 18.3 Å². The second-order valence-electron chi connectivity index (χ2n) is 4.82. The van der Waals surface area contributed by atoms with Crippen molar-refractivity contribution in [2.45, 2.75) is 32.7 Å². The summed E-state index contributed by atoms with van der Waals surface area (Å²) >= 11 is 0. The van der Waals surface area contributed by atoms with E-state index in [1.807, 2.05) is 0 Å². The zero-order valence-corrected chi connectivity index (χ0v) is 10.6. The predicted octanol–water partition coefficient (Wildman–Crippen LogP) is 1.57. The van der Waals surface area contributed by atoms with Gasteiger partial charge >= 0.3 is 0 Å². The number of aromatic nitrogens is 1. The van der Waals surface area contributed by atoms with E-state index in [1.54, 1.807) is 26.0 Å². The van der Waals surface area contributed by atoms with E-state index in [0.29, 0.717) is 17.4 Å². The standard InChI is InChI=1S/C13H17N3O2/c1-8(2)12(17)16-11-7-9(5-6-14-11)13(18)15-10-3-4-10/h5-8,10H,3-4H2,1-2H3,(H,15,18)(H,14,16,17). The predicted molar refractivity (Wildman–Crippen MR) is 68.2 cm³/mol. The van der Waals surface area contributed by atoms with Crippen LogP contribution in [0.4, 0.5) is 5.82 Å². The molecule has 5 nitrogen and oxygen atoms in total. The van der Waals surface area contributed by atoms with Crippen molar-refractivity contribution in [2.24, 2.45) is 5.92 Å². The molecule has 0 aliphatic heterocycles. The highest BCUT2D eigenvalue weighted by Gasteiger charge is 2.23. The summed E-state index contributed by atoms with van der Waals surface area (Å²) in [5, 5.41) is 5.57. The summed E-state index contributed by atoms with van der Waals surface area (Å²) in [5.41, 5.74) is 0.524. The molecule has 2 N–H and O–H groups in total. The van der Waals surface area contributed by atoms with Gasteiger partial charge in [-0.3, -0.25) is 9.59 Å². The van der Waals surface area contributed by atoms with E-state index in [-0.39, 0.29) is 17.7 Å². The summed E-state index contributed by atoms with van der Waals surface area (Å²) in [5.74, 6) is 0.0788. The molecule has 0 unspecified atom stereocenters. The fourth-order valence-electron chi connectivity index (χ4n) is 1.41. The first-order valence-electron chi connectivity index (χ1n) is 6.14. The van der Waals surface area contributed by atoms with Crippen LogP contribution in [0.2, 0.25) is 0 Å². The normalized spacial score (nSPS) is 14.4. The number of carbonyl (C=O) groups excluding carboxylic acids is 2. The molecule has 1 aliphatic rings. The lowest BCUT2D eigenvalue weighted by Gasteiger charge is -2.08. The van der Waals surface area contributed by atoms with Crippen molar-refractivity contribution < 1.29 is 9.59 Å². The van der Waals surface area contributed by atoms with E-state index < -0.39 is 0 Å². The topological polar surface area (TPSA) is 71.1 Å². The van der Waals surface area contributed by atoms with Crippen LogP contribution in [-0.2, 0) is 4.79 Å². The van der Waals surface area contributed by atoms with Gasteiger partial charge in [-0.15, -0.1) is 0 Å². The van der Waals surface area contributed by atoms with Crippen molar-refractivity contribution in [3.05, 3.63) is 23.9 Å². The largest absolute Gasteiger partial charge is 0.349 e. The van der Waals surface area contributed by atoms with Gasteiger partial charge in [0.15, 0.2) is 0 Å². The fourth-order valence-corrected chi connectivity index (χ4v) is 1.41. The van der Waals surface area contributed by atoms with Crippen LogP contribution in [0.1, 0.15) is 37.0 Å². The first-order chi connectivity index (χ1) is 8.56. The second kappa shape index (κ2) is 5.16. The molecule has 1 heterocycles. The summed E-state index contributed by atoms with van der Waals surface area (Å²) in [4.78, 5) is 27.4. The van der Waals surface area contributed by atoms with E-state index in [2.05, 4.69) is 15.6 Å². The average molecular weight is 247 g/mol. The van der Waals surface area contributed by atoms with Gasteiger partial charge in [-0.25, -0.2) is 4.98 Å².